The predicted molar refractivity (Wildman–Crippen MR) is 95.6 cm³/mol. The Bertz CT molecular complexity index is 727. The maximum atomic E-state index is 11.4. The molecule has 0 radical (unpaired) electrons. The molecule has 3 N–H and O–H groups in total. The highest BCUT2D eigenvalue weighted by atomic mass is 32.2. The van der Waals surface area contributed by atoms with Crippen LogP contribution < -0.4 is 10.5 Å². The number of sulfonamides is 1. The van der Waals surface area contributed by atoms with E-state index in [4.69, 9.17) is 14.6 Å². The van der Waals surface area contributed by atoms with Crippen LogP contribution in [-0.2, 0) is 19.5 Å². The molecule has 0 aliphatic carbocycles. The van der Waals surface area contributed by atoms with Gasteiger partial charge in [0, 0.05) is 38.9 Å². The first-order valence-corrected chi connectivity index (χ1v) is 9.72. The molecule has 10 nitrogen and oxygen atoms in total. The summed E-state index contributed by atoms with van der Waals surface area (Å²) in [6.45, 7) is 4.06. The minimum Gasteiger partial charge on any atom is -0.382 e. The summed E-state index contributed by atoms with van der Waals surface area (Å²) in [6, 6.07) is 3.66. The van der Waals surface area contributed by atoms with Crippen molar-refractivity contribution in [3.63, 3.8) is 0 Å². The highest BCUT2D eigenvalue weighted by Gasteiger charge is 2.25. The zero-order valence-electron chi connectivity index (χ0n) is 14.6. The Balaban J connectivity index is 1.93. The van der Waals surface area contributed by atoms with Crippen LogP contribution in [0.3, 0.4) is 0 Å². The van der Waals surface area contributed by atoms with Gasteiger partial charge in [-0.1, -0.05) is 0 Å². The molecule has 26 heavy (non-hydrogen) atoms. The second-order valence-corrected chi connectivity index (χ2v) is 7.58. The van der Waals surface area contributed by atoms with Crippen molar-refractivity contribution in [2.24, 2.45) is 5.14 Å². The van der Waals surface area contributed by atoms with E-state index >= 15 is 0 Å². The van der Waals surface area contributed by atoms with Crippen LogP contribution in [0.15, 0.2) is 23.1 Å². The summed E-state index contributed by atoms with van der Waals surface area (Å²) in [4.78, 5) is 12.6. The molecule has 1 fully saturated rings. The first-order valence-electron chi connectivity index (χ1n) is 8.18. The van der Waals surface area contributed by atoms with E-state index in [0.29, 0.717) is 19.8 Å². The van der Waals surface area contributed by atoms with E-state index in [1.807, 2.05) is 0 Å². The molecule has 1 aliphatic rings. The van der Waals surface area contributed by atoms with Gasteiger partial charge in [-0.05, 0) is 18.6 Å². The summed E-state index contributed by atoms with van der Waals surface area (Å²) < 4.78 is 33.1. The predicted octanol–water partition coefficient (Wildman–Crippen LogP) is 0.391. The average molecular weight is 388 g/mol. The first kappa shape index (κ1) is 20.5. The van der Waals surface area contributed by atoms with Gasteiger partial charge in [0.2, 0.25) is 10.0 Å². The van der Waals surface area contributed by atoms with Crippen LogP contribution in [0.2, 0.25) is 0 Å². The zero-order valence-corrected chi connectivity index (χ0v) is 15.4. The third-order valence-corrected chi connectivity index (χ3v) is 5.02. The van der Waals surface area contributed by atoms with Gasteiger partial charge in [0.25, 0.3) is 5.69 Å². The average Bonchev–Trinajstić information content (AvgIpc) is 3.01. The molecular formula is C15H24N4O6S. The van der Waals surface area contributed by atoms with E-state index in [-0.39, 0.29) is 22.3 Å². The van der Waals surface area contributed by atoms with Gasteiger partial charge in [-0.15, -0.1) is 0 Å². The number of hydrogen-bond donors (Lipinski definition) is 2. The molecule has 1 aromatic rings. The number of likely N-dealkylation sites (tertiary alicyclic amines) is 1. The maximum absolute atomic E-state index is 11.4. The minimum atomic E-state index is -3.99. The summed E-state index contributed by atoms with van der Waals surface area (Å²) in [5, 5.41) is 19.4. The number of nitrogens with one attached hydrogen (secondary N) is 1. The molecule has 0 spiro atoms. The van der Waals surface area contributed by atoms with Crippen LogP contribution in [0.4, 0.5) is 11.4 Å². The van der Waals surface area contributed by atoms with Gasteiger partial charge in [0.15, 0.2) is 0 Å². The number of nitrogens with two attached hydrogens (primary N) is 1. The van der Waals surface area contributed by atoms with E-state index in [0.717, 1.165) is 32.1 Å². The fourth-order valence-corrected chi connectivity index (χ4v) is 3.31. The highest BCUT2D eigenvalue weighted by molar-refractivity contribution is 7.89. The molecule has 1 aliphatic heterocycles. The van der Waals surface area contributed by atoms with Gasteiger partial charge < -0.3 is 14.8 Å². The molecule has 146 valence electrons. The van der Waals surface area contributed by atoms with Crippen molar-refractivity contribution in [2.75, 3.05) is 51.9 Å². The van der Waals surface area contributed by atoms with Crippen LogP contribution in [0.5, 0.6) is 0 Å². The second-order valence-electron chi connectivity index (χ2n) is 6.02. The molecule has 11 heteroatoms. The topological polar surface area (TPSA) is 137 Å². The molecule has 0 amide bonds. The summed E-state index contributed by atoms with van der Waals surface area (Å²) >= 11 is 0. The molecular weight excluding hydrogens is 364 g/mol. The van der Waals surface area contributed by atoms with Gasteiger partial charge in [0.05, 0.1) is 29.6 Å². The quantitative estimate of drug-likeness (QED) is 0.334. The molecule has 1 saturated heterocycles. The lowest BCUT2D eigenvalue weighted by molar-refractivity contribution is -0.384. The van der Waals surface area contributed by atoms with Crippen molar-refractivity contribution < 1.29 is 22.8 Å². The second kappa shape index (κ2) is 9.24. The lowest BCUT2D eigenvalue weighted by atomic mass is 10.2. The van der Waals surface area contributed by atoms with Crippen LogP contribution >= 0.6 is 0 Å². The van der Waals surface area contributed by atoms with Crippen molar-refractivity contribution >= 4 is 21.4 Å². The van der Waals surface area contributed by atoms with Gasteiger partial charge in [-0.2, -0.15) is 0 Å². The largest absolute Gasteiger partial charge is 0.382 e. The van der Waals surface area contributed by atoms with E-state index in [9.17, 15) is 18.5 Å². The summed E-state index contributed by atoms with van der Waals surface area (Å²) in [5.74, 6) is 0. The van der Waals surface area contributed by atoms with E-state index in [1.165, 1.54) is 12.1 Å². The Morgan fingerprint density at radius 1 is 1.38 bits per heavy atom. The van der Waals surface area contributed by atoms with Crippen LogP contribution in [0.25, 0.3) is 0 Å². The number of ether oxygens (including phenoxy) is 2. The normalized spacial score (nSPS) is 18.2. The van der Waals surface area contributed by atoms with Gasteiger partial charge in [-0.25, -0.2) is 13.6 Å². The SMILES string of the molecule is COCCOCCN1CC[C@@H](Nc2ccc(S(N)(=O)=O)cc2[N+](=O)[O-])C1. The van der Waals surface area contributed by atoms with Crippen molar-refractivity contribution in [3.8, 4) is 0 Å². The van der Waals surface area contributed by atoms with Crippen LogP contribution in [0.1, 0.15) is 6.42 Å². The lowest BCUT2D eigenvalue weighted by Crippen LogP contribution is -2.29. The number of hydrogen-bond acceptors (Lipinski definition) is 8. The maximum Gasteiger partial charge on any atom is 0.293 e. The summed E-state index contributed by atoms with van der Waals surface area (Å²) in [7, 11) is -2.37. The standard InChI is InChI=1S/C15H24N4O6S/c1-24-8-9-25-7-6-18-5-4-12(11-18)17-14-3-2-13(26(16,22)23)10-15(14)19(20)21/h2-3,10,12,17H,4-9,11H2,1H3,(H2,16,22,23)/t12-/m1/s1. The third kappa shape index (κ3) is 5.88. The number of methoxy groups -OCH3 is 1. The third-order valence-electron chi connectivity index (χ3n) is 4.11. The summed E-state index contributed by atoms with van der Waals surface area (Å²) in [5.41, 5.74) is -0.0246. The van der Waals surface area contributed by atoms with E-state index < -0.39 is 14.9 Å². The Kier molecular flexibility index (Phi) is 7.29. The van der Waals surface area contributed by atoms with Crippen molar-refractivity contribution in [2.45, 2.75) is 17.4 Å². The van der Waals surface area contributed by atoms with E-state index in [2.05, 4.69) is 10.2 Å². The molecule has 1 atom stereocenters. The molecule has 1 aromatic carbocycles. The zero-order chi connectivity index (χ0) is 19.2. The molecule has 0 unspecified atom stereocenters. The Labute approximate surface area is 152 Å². The number of nitro benzene ring substituents is 1. The molecule has 0 saturated carbocycles. The van der Waals surface area contributed by atoms with Gasteiger partial charge in [0.1, 0.15) is 5.69 Å². The molecule has 0 bridgehead atoms. The fourth-order valence-electron chi connectivity index (χ4n) is 2.77. The monoisotopic (exact) mass is 388 g/mol. The number of benzene rings is 1. The first-order chi connectivity index (χ1) is 12.3. The summed E-state index contributed by atoms with van der Waals surface area (Å²) in [6.07, 6.45) is 0.826. The van der Waals surface area contributed by atoms with E-state index in [1.54, 1.807) is 7.11 Å². The number of nitro groups is 1. The lowest BCUT2D eigenvalue weighted by Gasteiger charge is -2.17. The number of nitrogens with zero attached hydrogens (tertiary/aromatic N) is 2. The number of primary sulfonamides is 1. The number of rotatable bonds is 10. The van der Waals surface area contributed by atoms with Crippen LogP contribution in [0, 0.1) is 10.1 Å². The molecule has 0 aromatic heterocycles. The Morgan fingerprint density at radius 3 is 2.81 bits per heavy atom. The van der Waals surface area contributed by atoms with Crippen LogP contribution in [-0.4, -0.2) is 70.8 Å². The van der Waals surface area contributed by atoms with Gasteiger partial charge >= 0.3 is 0 Å². The molecule has 1 heterocycles. The van der Waals surface area contributed by atoms with Crippen molar-refractivity contribution in [1.29, 1.82) is 0 Å². The minimum absolute atomic E-state index is 0.0352. The smallest absolute Gasteiger partial charge is 0.293 e. The van der Waals surface area contributed by atoms with Crippen molar-refractivity contribution in [1.82, 2.24) is 4.90 Å². The molecule has 2 rings (SSSR count). The fraction of sp³-hybridized carbons (Fsp3) is 0.600. The van der Waals surface area contributed by atoms with Gasteiger partial charge in [-0.3, -0.25) is 15.0 Å². The number of anilines is 1. The van der Waals surface area contributed by atoms with Crippen molar-refractivity contribution in [3.05, 3.63) is 28.3 Å². The Morgan fingerprint density at radius 2 is 2.15 bits per heavy atom. The highest BCUT2D eigenvalue weighted by Crippen LogP contribution is 2.29. The Hall–Kier alpha value is -1.79.